The fourth-order valence-electron chi connectivity index (χ4n) is 3.77. The summed E-state index contributed by atoms with van der Waals surface area (Å²) in [5.74, 6) is -1.09. The lowest BCUT2D eigenvalue weighted by Gasteiger charge is -2.09. The van der Waals surface area contributed by atoms with E-state index in [2.05, 4.69) is 17.6 Å². The van der Waals surface area contributed by atoms with Crippen LogP contribution in [0.15, 0.2) is 42.5 Å². The van der Waals surface area contributed by atoms with Gasteiger partial charge in [-0.05, 0) is 61.7 Å². The lowest BCUT2D eigenvalue weighted by Crippen LogP contribution is -2.21. The zero-order chi connectivity index (χ0) is 25.5. The Balaban J connectivity index is 1.69. The van der Waals surface area contributed by atoms with Crippen LogP contribution in [-0.2, 0) is 14.3 Å². The van der Waals surface area contributed by atoms with Gasteiger partial charge in [-0.2, -0.15) is 0 Å². The van der Waals surface area contributed by atoms with Crippen LogP contribution in [0.1, 0.15) is 92.6 Å². The van der Waals surface area contributed by atoms with Crippen molar-refractivity contribution >= 4 is 29.2 Å². The predicted molar refractivity (Wildman–Crippen MR) is 142 cm³/mol. The average Bonchev–Trinajstić information content (AvgIpc) is 2.84. The van der Waals surface area contributed by atoms with Crippen molar-refractivity contribution in [3.8, 4) is 0 Å². The molecule has 0 aliphatic heterocycles. The molecule has 0 fully saturated rings. The van der Waals surface area contributed by atoms with Gasteiger partial charge < -0.3 is 15.4 Å². The molecule has 6 nitrogen and oxygen atoms in total. The minimum atomic E-state index is -0.615. The summed E-state index contributed by atoms with van der Waals surface area (Å²) in [6.07, 6.45) is 11.3. The van der Waals surface area contributed by atoms with E-state index in [4.69, 9.17) is 4.74 Å². The monoisotopic (exact) mass is 480 g/mol. The Kier molecular flexibility index (Phi) is 12.6. The molecule has 0 heterocycles. The van der Waals surface area contributed by atoms with Crippen LogP contribution in [0, 0.1) is 13.8 Å². The van der Waals surface area contributed by atoms with Crippen LogP contribution < -0.4 is 10.6 Å². The Morgan fingerprint density at radius 2 is 1.34 bits per heavy atom. The van der Waals surface area contributed by atoms with Gasteiger partial charge in [-0.15, -0.1) is 0 Å². The molecule has 0 unspecified atom stereocenters. The van der Waals surface area contributed by atoms with E-state index in [0.29, 0.717) is 17.8 Å². The van der Waals surface area contributed by atoms with Gasteiger partial charge in [0.05, 0.1) is 5.56 Å². The van der Waals surface area contributed by atoms with Gasteiger partial charge in [-0.25, -0.2) is 4.79 Å². The molecule has 190 valence electrons. The molecule has 0 radical (unpaired) electrons. The molecule has 6 heteroatoms. The van der Waals surface area contributed by atoms with E-state index in [1.165, 1.54) is 38.5 Å². The Morgan fingerprint density at radius 1 is 0.714 bits per heavy atom. The molecular formula is C29H40N2O4. The van der Waals surface area contributed by atoms with Crippen LogP contribution in [0.4, 0.5) is 11.4 Å². The lowest BCUT2D eigenvalue weighted by atomic mass is 10.1. The maximum atomic E-state index is 12.4. The highest BCUT2D eigenvalue weighted by Crippen LogP contribution is 2.16. The number of aryl methyl sites for hydroxylation is 2. The summed E-state index contributed by atoms with van der Waals surface area (Å²) in [6.45, 7) is 5.80. The highest BCUT2D eigenvalue weighted by atomic mass is 16.5. The van der Waals surface area contributed by atoms with E-state index in [1.807, 2.05) is 32.0 Å². The van der Waals surface area contributed by atoms with Gasteiger partial charge in [0.2, 0.25) is 5.91 Å². The SMILES string of the molecule is CCCCCCCCCCCC(=O)Nc1cccc(C(=O)OCC(=O)Nc2ccc(C)c(C)c2)c1. The molecule has 0 saturated heterocycles. The van der Waals surface area contributed by atoms with E-state index >= 15 is 0 Å². The molecule has 2 aromatic carbocycles. The Labute approximate surface area is 209 Å². The summed E-state index contributed by atoms with van der Waals surface area (Å²) >= 11 is 0. The topological polar surface area (TPSA) is 84.5 Å². The van der Waals surface area contributed by atoms with Crippen molar-refractivity contribution in [1.29, 1.82) is 0 Å². The number of carbonyl (C=O) groups excluding carboxylic acids is 3. The number of nitrogens with one attached hydrogen (secondary N) is 2. The largest absolute Gasteiger partial charge is 0.452 e. The fourth-order valence-corrected chi connectivity index (χ4v) is 3.77. The summed E-state index contributed by atoms with van der Waals surface area (Å²) in [4.78, 5) is 36.8. The van der Waals surface area contributed by atoms with Crippen molar-refractivity contribution in [2.75, 3.05) is 17.2 Å². The lowest BCUT2D eigenvalue weighted by molar-refractivity contribution is -0.119. The molecule has 0 atom stereocenters. The van der Waals surface area contributed by atoms with Crippen molar-refractivity contribution in [2.45, 2.75) is 85.0 Å². The fraction of sp³-hybridized carbons (Fsp3) is 0.483. The van der Waals surface area contributed by atoms with E-state index in [0.717, 1.165) is 30.4 Å². The summed E-state index contributed by atoms with van der Waals surface area (Å²) < 4.78 is 5.15. The van der Waals surface area contributed by atoms with Gasteiger partial charge in [-0.3, -0.25) is 9.59 Å². The minimum absolute atomic E-state index is 0.0637. The van der Waals surface area contributed by atoms with Gasteiger partial charge in [0, 0.05) is 17.8 Å². The standard InChI is InChI=1S/C29H40N2O4/c1-4-5-6-7-8-9-10-11-12-16-27(32)30-25-15-13-14-24(20-25)29(34)35-21-28(33)31-26-18-17-22(2)23(3)19-26/h13-15,17-20H,4-12,16,21H2,1-3H3,(H,30,32)(H,31,33). The maximum Gasteiger partial charge on any atom is 0.338 e. The molecule has 2 N–H and O–H groups in total. The molecule has 0 saturated carbocycles. The Morgan fingerprint density at radius 3 is 2.03 bits per heavy atom. The summed E-state index contributed by atoms with van der Waals surface area (Å²) in [5, 5.41) is 5.57. The number of carbonyl (C=O) groups is 3. The summed E-state index contributed by atoms with van der Waals surface area (Å²) in [7, 11) is 0. The van der Waals surface area contributed by atoms with Crippen molar-refractivity contribution in [1.82, 2.24) is 0 Å². The number of esters is 1. The van der Waals surface area contributed by atoms with Crippen LogP contribution in [0.3, 0.4) is 0 Å². The molecule has 0 aromatic heterocycles. The van der Waals surface area contributed by atoms with Gasteiger partial charge in [0.1, 0.15) is 0 Å². The second kappa shape index (κ2) is 15.7. The molecule has 35 heavy (non-hydrogen) atoms. The van der Waals surface area contributed by atoms with Crippen LogP contribution in [0.5, 0.6) is 0 Å². The zero-order valence-electron chi connectivity index (χ0n) is 21.5. The van der Waals surface area contributed by atoms with Gasteiger partial charge >= 0.3 is 5.97 Å². The van der Waals surface area contributed by atoms with Gasteiger partial charge in [-0.1, -0.05) is 70.4 Å². The molecule has 2 amide bonds. The molecule has 0 aliphatic carbocycles. The van der Waals surface area contributed by atoms with Crippen LogP contribution in [0.2, 0.25) is 0 Å². The van der Waals surface area contributed by atoms with Gasteiger partial charge in [0.15, 0.2) is 6.61 Å². The first-order chi connectivity index (χ1) is 16.9. The first-order valence-electron chi connectivity index (χ1n) is 12.8. The van der Waals surface area contributed by atoms with E-state index in [-0.39, 0.29) is 18.1 Å². The smallest absolute Gasteiger partial charge is 0.338 e. The number of hydrogen-bond acceptors (Lipinski definition) is 4. The first kappa shape index (κ1) is 28.1. The normalized spacial score (nSPS) is 10.6. The minimum Gasteiger partial charge on any atom is -0.452 e. The van der Waals surface area contributed by atoms with Crippen molar-refractivity contribution < 1.29 is 19.1 Å². The quantitative estimate of drug-likeness (QED) is 0.213. The van der Waals surface area contributed by atoms with Gasteiger partial charge in [0.25, 0.3) is 5.91 Å². The molecule has 0 bridgehead atoms. The molecular weight excluding hydrogens is 440 g/mol. The second-order valence-electron chi connectivity index (χ2n) is 9.13. The second-order valence-corrected chi connectivity index (χ2v) is 9.13. The van der Waals surface area contributed by atoms with E-state index in [9.17, 15) is 14.4 Å². The molecule has 0 aliphatic rings. The number of ether oxygens (including phenoxy) is 1. The van der Waals surface area contributed by atoms with Crippen LogP contribution >= 0.6 is 0 Å². The molecule has 2 rings (SSSR count). The average molecular weight is 481 g/mol. The third kappa shape index (κ3) is 11.2. The van der Waals surface area contributed by atoms with Crippen molar-refractivity contribution in [2.24, 2.45) is 0 Å². The van der Waals surface area contributed by atoms with E-state index in [1.54, 1.807) is 24.3 Å². The first-order valence-corrected chi connectivity index (χ1v) is 12.8. The number of amides is 2. The highest BCUT2D eigenvalue weighted by Gasteiger charge is 2.12. The van der Waals surface area contributed by atoms with Crippen molar-refractivity contribution in [3.05, 3.63) is 59.2 Å². The third-order valence-corrected chi connectivity index (χ3v) is 6.01. The highest BCUT2D eigenvalue weighted by molar-refractivity contribution is 5.97. The molecule has 0 spiro atoms. The van der Waals surface area contributed by atoms with Crippen LogP contribution in [0.25, 0.3) is 0 Å². The predicted octanol–water partition coefficient (Wildman–Crippen LogP) is 6.96. The summed E-state index contributed by atoms with van der Waals surface area (Å²) in [6, 6.07) is 12.2. The number of rotatable bonds is 15. The third-order valence-electron chi connectivity index (χ3n) is 6.01. The summed E-state index contributed by atoms with van der Waals surface area (Å²) in [5.41, 5.74) is 3.68. The number of hydrogen-bond donors (Lipinski definition) is 2. The number of anilines is 2. The van der Waals surface area contributed by atoms with E-state index < -0.39 is 11.9 Å². The number of unbranched alkanes of at least 4 members (excludes halogenated alkanes) is 8. The number of benzene rings is 2. The van der Waals surface area contributed by atoms with Crippen LogP contribution in [-0.4, -0.2) is 24.4 Å². The molecule has 2 aromatic rings. The zero-order valence-corrected chi connectivity index (χ0v) is 21.5. The maximum absolute atomic E-state index is 12.4. The Bertz CT molecular complexity index is 971. The van der Waals surface area contributed by atoms with Crippen molar-refractivity contribution in [3.63, 3.8) is 0 Å². The Hall–Kier alpha value is -3.15.